The van der Waals surface area contributed by atoms with Gasteiger partial charge in [-0.2, -0.15) is 0 Å². The summed E-state index contributed by atoms with van der Waals surface area (Å²) in [5.41, 5.74) is 15.9. The molecule has 3 atom stereocenters. The first kappa shape index (κ1) is 29.2. The van der Waals surface area contributed by atoms with Crippen molar-refractivity contribution in [2.24, 2.45) is 10.6 Å². The number of hydrogen-bond donors (Lipinski definition) is 5. The van der Waals surface area contributed by atoms with Crippen molar-refractivity contribution in [3.05, 3.63) is 17.1 Å². The standard InChI is InChI=1S/C21H25N9O7S3/c1-2-29-10(22)3-11(26-19(29)23)39-7-21(18(35)36)6-30-16(34)14(17(30)40-8-21)27-15(33)13(28-37-4-12(31)32)9-5-38-20(24)25-9/h3,5,14,17H,2,4,6-8H2,1H3,(H8,22,23,24,25,26,27,31,32,33,35,36)/t14-,17-,21?/m1/s1. The third-order valence-corrected chi connectivity index (χ3v) is 9.55. The number of carboxylic acids is 2. The predicted molar refractivity (Wildman–Crippen MR) is 144 cm³/mol. The van der Waals surface area contributed by atoms with E-state index in [-0.39, 0.29) is 40.5 Å². The van der Waals surface area contributed by atoms with Crippen LogP contribution in [0.25, 0.3) is 0 Å². The van der Waals surface area contributed by atoms with E-state index in [0.717, 1.165) is 23.1 Å². The van der Waals surface area contributed by atoms with Gasteiger partial charge in [0.2, 0.25) is 12.5 Å². The highest BCUT2D eigenvalue weighted by Crippen LogP contribution is 2.44. The molecule has 8 N–H and O–H groups in total. The molecule has 2 aliphatic rings. The minimum absolute atomic E-state index is 0.0403. The average molecular weight is 612 g/mol. The van der Waals surface area contributed by atoms with Crippen LogP contribution in [0.4, 0.5) is 16.9 Å². The number of fused-ring (bicyclic) bond motifs is 1. The minimum Gasteiger partial charge on any atom is -0.549 e. The molecule has 0 aliphatic carbocycles. The quantitative estimate of drug-likeness (QED) is 0.0434. The van der Waals surface area contributed by atoms with Crippen LogP contribution in [0.15, 0.2) is 21.6 Å². The summed E-state index contributed by atoms with van der Waals surface area (Å²) in [5.74, 6) is -3.25. The second-order valence-electron chi connectivity index (χ2n) is 8.78. The van der Waals surface area contributed by atoms with Gasteiger partial charge in [-0.1, -0.05) is 16.9 Å². The third kappa shape index (κ3) is 5.85. The van der Waals surface area contributed by atoms with Crippen LogP contribution in [-0.2, 0) is 30.6 Å². The number of carbonyl (C=O) groups excluding carboxylic acids is 3. The van der Waals surface area contributed by atoms with Crippen LogP contribution in [0, 0.1) is 5.41 Å². The molecule has 1 unspecified atom stereocenters. The van der Waals surface area contributed by atoms with Gasteiger partial charge < -0.3 is 47.3 Å². The van der Waals surface area contributed by atoms with Crippen molar-refractivity contribution in [1.29, 1.82) is 0 Å². The summed E-state index contributed by atoms with van der Waals surface area (Å²) in [6.07, 6.45) is 0. The first-order valence-corrected chi connectivity index (χ1v) is 14.5. The van der Waals surface area contributed by atoms with Crippen LogP contribution in [0.2, 0.25) is 0 Å². The molecule has 2 aromatic heterocycles. The number of nitrogens with one attached hydrogen (secondary N) is 1. The van der Waals surface area contributed by atoms with E-state index < -0.39 is 47.2 Å². The van der Waals surface area contributed by atoms with Crippen molar-refractivity contribution < 1.29 is 38.8 Å². The molecule has 4 rings (SSSR count). The molecule has 0 aromatic carbocycles. The highest BCUT2D eigenvalue weighted by Gasteiger charge is 2.55. The number of hydrogen-bond acceptors (Lipinski definition) is 15. The number of carbonyl (C=O) groups is 4. The largest absolute Gasteiger partial charge is 0.549 e. The number of carboxylic acid groups (broad SMARTS) is 2. The Bertz CT molecular complexity index is 1360. The smallest absolute Gasteiger partial charge is 0.346 e. The zero-order valence-electron chi connectivity index (χ0n) is 20.9. The van der Waals surface area contributed by atoms with Gasteiger partial charge in [-0.05, 0) is 6.92 Å². The van der Waals surface area contributed by atoms with Gasteiger partial charge in [0, 0.05) is 34.9 Å². The van der Waals surface area contributed by atoms with Crippen molar-refractivity contribution >= 4 is 81.2 Å². The maximum Gasteiger partial charge on any atom is 0.346 e. The number of oxime groups is 1. The number of anilines is 3. The van der Waals surface area contributed by atoms with Crippen LogP contribution < -0.4 is 32.2 Å². The van der Waals surface area contributed by atoms with Gasteiger partial charge in [0.1, 0.15) is 17.1 Å². The Morgan fingerprint density at radius 1 is 1.38 bits per heavy atom. The number of aliphatic carboxylic acids is 2. The molecule has 19 heteroatoms. The number of thiazole rings is 1. The number of rotatable bonds is 11. The molecule has 2 saturated heterocycles. The van der Waals surface area contributed by atoms with Crippen LogP contribution in [0.3, 0.4) is 0 Å². The number of nitrogens with zero attached hydrogens (tertiary/aromatic N) is 5. The van der Waals surface area contributed by atoms with Crippen LogP contribution >= 0.6 is 34.9 Å². The number of nitrogens with two attached hydrogens (primary N) is 3. The van der Waals surface area contributed by atoms with E-state index in [1.54, 1.807) is 10.6 Å². The second-order valence-corrected chi connectivity index (χ2v) is 11.8. The first-order chi connectivity index (χ1) is 19.0. The molecule has 4 heterocycles. The van der Waals surface area contributed by atoms with Gasteiger partial charge in [0.05, 0.1) is 12.5 Å². The van der Waals surface area contributed by atoms with E-state index in [0.29, 0.717) is 17.4 Å². The van der Waals surface area contributed by atoms with Crippen molar-refractivity contribution in [2.75, 3.05) is 41.9 Å². The SMILES string of the molecule is CC[n+]1c(N)cc(SCC2(C(=O)[O-])CS[C@@H]3[C@H](NC(=O)C(=NOCC(=O)O)c4csc(N)n4)C(=O)N3C2)nc1N. The fourth-order valence-corrected chi connectivity index (χ4v) is 7.34. The van der Waals surface area contributed by atoms with Crippen LogP contribution in [0.5, 0.6) is 0 Å². The summed E-state index contributed by atoms with van der Waals surface area (Å²) in [7, 11) is 0. The van der Waals surface area contributed by atoms with E-state index in [9.17, 15) is 24.3 Å². The Morgan fingerprint density at radius 3 is 2.73 bits per heavy atom. The van der Waals surface area contributed by atoms with Gasteiger partial charge in [0.15, 0.2) is 21.7 Å². The van der Waals surface area contributed by atoms with Crippen molar-refractivity contribution in [3.63, 3.8) is 0 Å². The molecule has 0 bridgehead atoms. The molecule has 214 valence electrons. The highest BCUT2D eigenvalue weighted by atomic mass is 32.2. The van der Waals surface area contributed by atoms with Crippen LogP contribution in [0.1, 0.15) is 12.6 Å². The minimum atomic E-state index is -1.40. The lowest BCUT2D eigenvalue weighted by Gasteiger charge is -2.55. The summed E-state index contributed by atoms with van der Waals surface area (Å²) in [6.45, 7) is 1.44. The topological polar surface area (TPSA) is 256 Å². The fourth-order valence-electron chi connectivity index (χ4n) is 4.03. The fraction of sp³-hybridized carbons (Fsp3) is 0.429. The lowest BCUT2D eigenvalue weighted by molar-refractivity contribution is -0.667. The third-order valence-electron chi connectivity index (χ3n) is 6.08. The second kappa shape index (κ2) is 11.7. The van der Waals surface area contributed by atoms with Crippen molar-refractivity contribution in [2.45, 2.75) is 29.9 Å². The molecule has 0 radical (unpaired) electrons. The number of β-lactam (4-membered cyclic amide) rings is 1. The Hall–Kier alpha value is -3.84. The number of aromatic nitrogens is 3. The van der Waals surface area contributed by atoms with E-state index in [4.69, 9.17) is 27.1 Å². The first-order valence-electron chi connectivity index (χ1n) is 11.6. The van der Waals surface area contributed by atoms with E-state index in [1.807, 2.05) is 6.92 Å². The number of nitrogen functional groups attached to an aromatic ring is 3. The Kier molecular flexibility index (Phi) is 8.54. The van der Waals surface area contributed by atoms with E-state index in [2.05, 4.69) is 20.4 Å². The lowest BCUT2D eigenvalue weighted by atomic mass is 9.89. The van der Waals surface area contributed by atoms with Crippen molar-refractivity contribution in [3.8, 4) is 0 Å². The van der Waals surface area contributed by atoms with Crippen molar-refractivity contribution in [1.82, 2.24) is 20.2 Å². The molecule has 16 nitrogen and oxygen atoms in total. The maximum atomic E-state index is 13.0. The highest BCUT2D eigenvalue weighted by molar-refractivity contribution is 8.00. The van der Waals surface area contributed by atoms with Gasteiger partial charge in [-0.15, -0.1) is 28.1 Å². The van der Waals surface area contributed by atoms with E-state index >= 15 is 0 Å². The summed E-state index contributed by atoms with van der Waals surface area (Å²) >= 11 is 3.35. The Balaban J connectivity index is 1.44. The number of amides is 2. The maximum absolute atomic E-state index is 13.0. The van der Waals surface area contributed by atoms with E-state index in [1.165, 1.54) is 22.0 Å². The normalized spacial score (nSPS) is 22.3. The molecular formula is C21H25N9O7S3. The zero-order valence-corrected chi connectivity index (χ0v) is 23.4. The summed E-state index contributed by atoms with van der Waals surface area (Å²) in [6, 6.07) is 0.618. The van der Waals surface area contributed by atoms with Gasteiger partial charge >= 0.3 is 11.9 Å². The van der Waals surface area contributed by atoms with Gasteiger partial charge in [-0.25, -0.2) is 14.3 Å². The molecule has 0 saturated carbocycles. The van der Waals surface area contributed by atoms with Gasteiger partial charge in [0.25, 0.3) is 5.91 Å². The zero-order chi connectivity index (χ0) is 29.2. The summed E-state index contributed by atoms with van der Waals surface area (Å²) < 4.78 is 1.60. The summed E-state index contributed by atoms with van der Waals surface area (Å²) in [5, 5.41) is 28.6. The molecule has 2 fully saturated rings. The lowest BCUT2D eigenvalue weighted by Crippen LogP contribution is -2.75. The van der Waals surface area contributed by atoms with Crippen LogP contribution in [-0.4, -0.2) is 85.5 Å². The summed E-state index contributed by atoms with van der Waals surface area (Å²) in [4.78, 5) is 63.3. The molecule has 2 aliphatic heterocycles. The molecule has 0 spiro atoms. The molecule has 2 amide bonds. The molecular weight excluding hydrogens is 586 g/mol. The Labute approximate surface area is 239 Å². The monoisotopic (exact) mass is 611 g/mol. The number of thioether (sulfide) groups is 2. The predicted octanol–water partition coefficient (Wildman–Crippen LogP) is -2.67. The molecule has 40 heavy (non-hydrogen) atoms. The Morgan fingerprint density at radius 2 is 2.12 bits per heavy atom. The van der Waals surface area contributed by atoms with Gasteiger partial charge in [-0.3, -0.25) is 9.59 Å². The average Bonchev–Trinajstić information content (AvgIpc) is 3.33. The molecule has 2 aromatic rings.